The molecule has 0 saturated heterocycles. The zero-order valence-electron chi connectivity index (χ0n) is 11.1. The molecule has 2 amide bonds. The van der Waals surface area contributed by atoms with E-state index in [4.69, 9.17) is 0 Å². The second-order valence-corrected chi connectivity index (χ2v) is 4.80. The number of amides is 2. The summed E-state index contributed by atoms with van der Waals surface area (Å²) in [6.45, 7) is 1.82. The minimum atomic E-state index is -0.299. The van der Waals surface area contributed by atoms with E-state index in [2.05, 4.69) is 15.5 Å². The second kappa shape index (κ2) is 4.52. The highest BCUT2D eigenvalue weighted by molar-refractivity contribution is 6.21. The Morgan fingerprint density at radius 2 is 1.75 bits per heavy atom. The Balaban J connectivity index is 1.87. The fraction of sp³-hybridized carbons (Fsp3) is 0.308. The monoisotopic (exact) mass is 271 g/mol. The molecule has 0 radical (unpaired) electrons. The molecular formula is C13H13N5O2. The fourth-order valence-corrected chi connectivity index (χ4v) is 2.38. The first-order valence-electron chi connectivity index (χ1n) is 6.27. The van der Waals surface area contributed by atoms with Crippen LogP contribution < -0.4 is 0 Å². The number of aryl methyl sites for hydroxylation is 1. The van der Waals surface area contributed by atoms with Crippen LogP contribution in [0.25, 0.3) is 0 Å². The topological polar surface area (TPSA) is 81.0 Å². The van der Waals surface area contributed by atoms with Gasteiger partial charge in [0, 0.05) is 19.5 Å². The number of rotatable bonds is 3. The lowest BCUT2D eigenvalue weighted by Gasteiger charge is -2.21. The van der Waals surface area contributed by atoms with Crippen LogP contribution >= 0.6 is 0 Å². The lowest BCUT2D eigenvalue weighted by molar-refractivity contribution is 0.0595. The Morgan fingerprint density at radius 1 is 1.15 bits per heavy atom. The quantitative estimate of drug-likeness (QED) is 0.756. The fourth-order valence-electron chi connectivity index (χ4n) is 2.38. The van der Waals surface area contributed by atoms with Gasteiger partial charge < -0.3 is 0 Å². The summed E-state index contributed by atoms with van der Waals surface area (Å²) in [6, 6.07) is 6.56. The number of hydrogen-bond acceptors (Lipinski definition) is 5. The first kappa shape index (κ1) is 12.5. The molecule has 0 saturated carbocycles. The summed E-state index contributed by atoms with van der Waals surface area (Å²) in [5.74, 6) is 0.121. The van der Waals surface area contributed by atoms with Gasteiger partial charge in [0.25, 0.3) is 11.8 Å². The lowest BCUT2D eigenvalue weighted by Crippen LogP contribution is -2.39. The van der Waals surface area contributed by atoms with Gasteiger partial charge in [-0.25, -0.2) is 4.68 Å². The summed E-state index contributed by atoms with van der Waals surface area (Å²) in [6.07, 6.45) is 0.426. The van der Waals surface area contributed by atoms with Gasteiger partial charge in [0.2, 0.25) is 0 Å². The third-order valence-corrected chi connectivity index (χ3v) is 3.45. The molecule has 2 aromatic rings. The van der Waals surface area contributed by atoms with Crippen molar-refractivity contribution in [1.82, 2.24) is 25.1 Å². The van der Waals surface area contributed by atoms with Gasteiger partial charge >= 0.3 is 0 Å². The summed E-state index contributed by atoms with van der Waals surface area (Å²) < 4.78 is 1.54. The number of aromatic nitrogens is 4. The molecule has 7 heteroatoms. The second-order valence-electron chi connectivity index (χ2n) is 4.80. The first-order chi connectivity index (χ1) is 9.59. The van der Waals surface area contributed by atoms with Gasteiger partial charge in [-0.3, -0.25) is 14.5 Å². The minimum absolute atomic E-state index is 0.256. The third kappa shape index (κ3) is 1.78. The summed E-state index contributed by atoms with van der Waals surface area (Å²) in [5.41, 5.74) is 0.917. The van der Waals surface area contributed by atoms with E-state index in [1.54, 1.807) is 31.3 Å². The molecule has 0 aliphatic carbocycles. The highest BCUT2D eigenvalue weighted by atomic mass is 16.2. The summed E-state index contributed by atoms with van der Waals surface area (Å²) in [7, 11) is 1.73. The molecular weight excluding hydrogens is 258 g/mol. The Hall–Kier alpha value is -2.57. The zero-order chi connectivity index (χ0) is 14.3. The Labute approximate surface area is 115 Å². The maximum atomic E-state index is 12.3. The molecule has 0 fully saturated rings. The molecule has 20 heavy (non-hydrogen) atoms. The molecule has 1 aromatic carbocycles. The molecule has 1 atom stereocenters. The van der Waals surface area contributed by atoms with Crippen molar-refractivity contribution in [2.24, 2.45) is 7.05 Å². The summed E-state index contributed by atoms with van der Waals surface area (Å²) in [4.78, 5) is 25.9. The van der Waals surface area contributed by atoms with Crippen molar-refractivity contribution < 1.29 is 9.59 Å². The highest BCUT2D eigenvalue weighted by Gasteiger charge is 2.38. The molecule has 1 unspecified atom stereocenters. The van der Waals surface area contributed by atoms with E-state index < -0.39 is 0 Å². The molecule has 0 bridgehead atoms. The van der Waals surface area contributed by atoms with E-state index in [0.717, 1.165) is 0 Å². The number of imide groups is 1. The third-order valence-electron chi connectivity index (χ3n) is 3.45. The lowest BCUT2D eigenvalue weighted by atomic mass is 10.1. The van der Waals surface area contributed by atoms with Gasteiger partial charge in [-0.15, -0.1) is 5.10 Å². The van der Waals surface area contributed by atoms with E-state index in [9.17, 15) is 9.59 Å². The van der Waals surface area contributed by atoms with Crippen LogP contribution in [0, 0.1) is 0 Å². The molecule has 102 valence electrons. The van der Waals surface area contributed by atoms with Crippen molar-refractivity contribution in [1.29, 1.82) is 0 Å². The smallest absolute Gasteiger partial charge is 0.261 e. The number of nitrogens with zero attached hydrogens (tertiary/aromatic N) is 5. The molecule has 7 nitrogen and oxygen atoms in total. The van der Waals surface area contributed by atoms with E-state index >= 15 is 0 Å². The van der Waals surface area contributed by atoms with Crippen LogP contribution in [0.1, 0.15) is 33.5 Å². The first-order valence-corrected chi connectivity index (χ1v) is 6.27. The molecule has 1 aliphatic rings. The van der Waals surface area contributed by atoms with Gasteiger partial charge in [-0.05, 0) is 29.5 Å². The SMILES string of the molecule is CC(Cc1nnnn1C)N1C(=O)c2ccccc2C1=O. The molecule has 1 aromatic heterocycles. The van der Waals surface area contributed by atoms with Crippen molar-refractivity contribution in [3.05, 3.63) is 41.2 Å². The van der Waals surface area contributed by atoms with Gasteiger partial charge in [0.15, 0.2) is 5.82 Å². The maximum Gasteiger partial charge on any atom is 0.261 e. The molecule has 1 aliphatic heterocycles. The Morgan fingerprint density at radius 3 is 2.25 bits per heavy atom. The van der Waals surface area contributed by atoms with Crippen molar-refractivity contribution in [2.45, 2.75) is 19.4 Å². The Kier molecular flexibility index (Phi) is 2.81. The van der Waals surface area contributed by atoms with Crippen LogP contribution in [0.4, 0.5) is 0 Å². The number of benzene rings is 1. The van der Waals surface area contributed by atoms with E-state index in [-0.39, 0.29) is 17.9 Å². The van der Waals surface area contributed by atoms with Crippen LogP contribution in [0.2, 0.25) is 0 Å². The molecule has 2 heterocycles. The zero-order valence-corrected chi connectivity index (χ0v) is 11.1. The van der Waals surface area contributed by atoms with Gasteiger partial charge in [0.05, 0.1) is 11.1 Å². The van der Waals surface area contributed by atoms with Crippen LogP contribution in [0.15, 0.2) is 24.3 Å². The summed E-state index contributed by atoms with van der Waals surface area (Å²) in [5, 5.41) is 11.2. The molecule has 3 rings (SSSR count). The number of carbonyl (C=O) groups is 2. The highest BCUT2D eigenvalue weighted by Crippen LogP contribution is 2.25. The normalized spacial score (nSPS) is 15.6. The predicted molar refractivity (Wildman–Crippen MR) is 68.9 cm³/mol. The van der Waals surface area contributed by atoms with E-state index in [1.165, 1.54) is 9.58 Å². The van der Waals surface area contributed by atoms with E-state index in [1.807, 2.05) is 6.92 Å². The van der Waals surface area contributed by atoms with Gasteiger partial charge in [-0.2, -0.15) is 0 Å². The predicted octanol–water partition coefficient (Wildman–Crippen LogP) is 0.437. The van der Waals surface area contributed by atoms with Crippen molar-refractivity contribution in [3.8, 4) is 0 Å². The number of fused-ring (bicyclic) bond motifs is 1. The van der Waals surface area contributed by atoms with Crippen LogP contribution in [-0.2, 0) is 13.5 Å². The number of carbonyl (C=O) groups excluding carboxylic acids is 2. The van der Waals surface area contributed by atoms with Crippen molar-refractivity contribution >= 4 is 11.8 Å². The largest absolute Gasteiger partial charge is 0.271 e. The van der Waals surface area contributed by atoms with Crippen LogP contribution in [-0.4, -0.2) is 43.0 Å². The number of tetrazole rings is 1. The summed E-state index contributed by atoms with van der Waals surface area (Å²) >= 11 is 0. The maximum absolute atomic E-state index is 12.3. The van der Waals surface area contributed by atoms with Crippen LogP contribution in [0.5, 0.6) is 0 Å². The van der Waals surface area contributed by atoms with Gasteiger partial charge in [0.1, 0.15) is 0 Å². The van der Waals surface area contributed by atoms with Crippen LogP contribution in [0.3, 0.4) is 0 Å². The van der Waals surface area contributed by atoms with Crippen molar-refractivity contribution in [2.75, 3.05) is 0 Å². The Bertz CT molecular complexity index is 659. The standard InChI is InChI=1S/C13H13N5O2/c1-8(7-11-14-15-16-17(11)2)18-12(19)9-5-3-4-6-10(9)13(18)20/h3-6,8H,7H2,1-2H3. The average molecular weight is 271 g/mol. The number of hydrogen-bond donors (Lipinski definition) is 0. The van der Waals surface area contributed by atoms with Gasteiger partial charge in [-0.1, -0.05) is 12.1 Å². The molecule has 0 N–H and O–H groups in total. The average Bonchev–Trinajstić information content (AvgIpc) is 2.94. The minimum Gasteiger partial charge on any atom is -0.271 e. The molecule has 0 spiro atoms. The van der Waals surface area contributed by atoms with E-state index in [0.29, 0.717) is 23.4 Å². The van der Waals surface area contributed by atoms with Crippen molar-refractivity contribution in [3.63, 3.8) is 0 Å².